The van der Waals surface area contributed by atoms with Crippen molar-refractivity contribution >= 4 is 5.91 Å². The first-order chi connectivity index (χ1) is 14.7. The van der Waals surface area contributed by atoms with Crippen molar-refractivity contribution in [2.45, 2.75) is 39.1 Å². The van der Waals surface area contributed by atoms with E-state index in [4.69, 9.17) is 4.74 Å². The van der Waals surface area contributed by atoms with Crippen molar-refractivity contribution < 1.29 is 22.7 Å². The standard InChI is InChI=1S/C22H23F3N4O2/c1-14(2)20-18(21(30)27-10-15-4-6-16(7-5-15)13-31-3)12-28-29(20)19-9-8-17(11-26-19)22(23,24)25/h4-9,11-12,14H,10,13H2,1-3H3,(H,27,30). The topological polar surface area (TPSA) is 69.0 Å². The summed E-state index contributed by atoms with van der Waals surface area (Å²) in [5.41, 5.74) is 2.04. The molecule has 0 atom stereocenters. The van der Waals surface area contributed by atoms with Crippen LogP contribution in [0.4, 0.5) is 13.2 Å². The maximum absolute atomic E-state index is 12.8. The van der Waals surface area contributed by atoms with Gasteiger partial charge in [0, 0.05) is 19.9 Å². The number of ether oxygens (including phenoxy) is 1. The van der Waals surface area contributed by atoms with E-state index in [1.54, 1.807) is 7.11 Å². The van der Waals surface area contributed by atoms with E-state index in [9.17, 15) is 18.0 Å². The molecular formula is C22H23F3N4O2. The zero-order valence-corrected chi connectivity index (χ0v) is 17.4. The second-order valence-electron chi connectivity index (χ2n) is 7.35. The van der Waals surface area contributed by atoms with E-state index >= 15 is 0 Å². The molecule has 1 amide bonds. The van der Waals surface area contributed by atoms with Crippen molar-refractivity contribution in [2.75, 3.05) is 7.11 Å². The Balaban J connectivity index is 1.78. The van der Waals surface area contributed by atoms with Crippen LogP contribution in [0.5, 0.6) is 0 Å². The molecule has 0 saturated carbocycles. The van der Waals surface area contributed by atoms with E-state index in [0.717, 1.165) is 23.4 Å². The van der Waals surface area contributed by atoms with Gasteiger partial charge in [0.2, 0.25) is 0 Å². The van der Waals surface area contributed by atoms with Crippen LogP contribution < -0.4 is 5.32 Å². The number of nitrogens with one attached hydrogen (secondary N) is 1. The van der Waals surface area contributed by atoms with Crippen molar-refractivity contribution in [3.8, 4) is 5.82 Å². The van der Waals surface area contributed by atoms with Crippen LogP contribution in [0.25, 0.3) is 5.82 Å². The Labute approximate surface area is 178 Å². The highest BCUT2D eigenvalue weighted by molar-refractivity contribution is 5.95. The molecule has 0 aliphatic carbocycles. The number of aromatic nitrogens is 3. The number of pyridine rings is 1. The van der Waals surface area contributed by atoms with Crippen molar-refractivity contribution in [2.24, 2.45) is 0 Å². The summed E-state index contributed by atoms with van der Waals surface area (Å²) >= 11 is 0. The predicted molar refractivity (Wildman–Crippen MR) is 109 cm³/mol. The van der Waals surface area contributed by atoms with Gasteiger partial charge in [0.05, 0.1) is 29.6 Å². The Morgan fingerprint density at radius 3 is 2.32 bits per heavy atom. The summed E-state index contributed by atoms with van der Waals surface area (Å²) in [5, 5.41) is 7.07. The minimum Gasteiger partial charge on any atom is -0.380 e. The molecular weight excluding hydrogens is 409 g/mol. The van der Waals surface area contributed by atoms with Crippen molar-refractivity contribution in [1.29, 1.82) is 0 Å². The number of hydrogen-bond donors (Lipinski definition) is 1. The van der Waals surface area contributed by atoms with Crippen molar-refractivity contribution in [1.82, 2.24) is 20.1 Å². The summed E-state index contributed by atoms with van der Waals surface area (Å²) in [4.78, 5) is 16.7. The largest absolute Gasteiger partial charge is 0.417 e. The second-order valence-corrected chi connectivity index (χ2v) is 7.35. The molecule has 2 aromatic heterocycles. The molecule has 0 fully saturated rings. The van der Waals surface area contributed by atoms with Gasteiger partial charge in [-0.15, -0.1) is 0 Å². The Bertz CT molecular complexity index is 1030. The summed E-state index contributed by atoms with van der Waals surface area (Å²) < 4.78 is 44.9. The SMILES string of the molecule is COCc1ccc(CNC(=O)c2cnn(-c3ccc(C(F)(F)F)cn3)c2C(C)C)cc1. The normalized spacial score (nSPS) is 11.7. The fourth-order valence-corrected chi connectivity index (χ4v) is 3.15. The third-order valence-corrected chi connectivity index (χ3v) is 4.68. The van der Waals surface area contributed by atoms with E-state index in [-0.39, 0.29) is 17.6 Å². The molecule has 0 aliphatic rings. The molecule has 164 valence electrons. The summed E-state index contributed by atoms with van der Waals surface area (Å²) in [6, 6.07) is 9.87. The van der Waals surface area contributed by atoms with Gasteiger partial charge >= 0.3 is 6.18 Å². The van der Waals surface area contributed by atoms with Crippen LogP contribution in [0.3, 0.4) is 0 Å². The van der Waals surface area contributed by atoms with E-state index in [1.807, 2.05) is 38.1 Å². The molecule has 0 spiro atoms. The Morgan fingerprint density at radius 1 is 1.10 bits per heavy atom. The minimum atomic E-state index is -4.47. The molecule has 6 nitrogen and oxygen atoms in total. The molecule has 1 N–H and O–H groups in total. The monoisotopic (exact) mass is 432 g/mol. The second kappa shape index (κ2) is 9.30. The van der Waals surface area contributed by atoms with Gasteiger partial charge in [-0.1, -0.05) is 38.1 Å². The van der Waals surface area contributed by atoms with Gasteiger partial charge in [-0.2, -0.15) is 18.3 Å². The van der Waals surface area contributed by atoms with Gasteiger partial charge in [0.1, 0.15) is 0 Å². The van der Waals surface area contributed by atoms with Crippen LogP contribution in [0.15, 0.2) is 48.8 Å². The van der Waals surface area contributed by atoms with Gasteiger partial charge in [-0.05, 0) is 29.2 Å². The number of halogens is 3. The Morgan fingerprint density at radius 2 is 1.77 bits per heavy atom. The summed E-state index contributed by atoms with van der Waals surface area (Å²) in [6.07, 6.45) is -2.30. The highest BCUT2D eigenvalue weighted by atomic mass is 19.4. The van der Waals surface area contributed by atoms with Crippen LogP contribution >= 0.6 is 0 Å². The molecule has 2 heterocycles. The summed E-state index contributed by atoms with van der Waals surface area (Å²) in [7, 11) is 1.63. The molecule has 3 aromatic rings. The summed E-state index contributed by atoms with van der Waals surface area (Å²) in [5.74, 6) is -0.215. The number of benzene rings is 1. The average molecular weight is 432 g/mol. The molecule has 9 heteroatoms. The average Bonchev–Trinajstić information content (AvgIpc) is 3.18. The minimum absolute atomic E-state index is 0.110. The highest BCUT2D eigenvalue weighted by Crippen LogP contribution is 2.29. The van der Waals surface area contributed by atoms with Crippen molar-refractivity contribution in [3.63, 3.8) is 0 Å². The number of hydrogen-bond acceptors (Lipinski definition) is 4. The van der Waals surface area contributed by atoms with E-state index in [1.165, 1.54) is 16.9 Å². The lowest BCUT2D eigenvalue weighted by Crippen LogP contribution is -2.24. The van der Waals surface area contributed by atoms with Crippen LogP contribution in [-0.2, 0) is 24.1 Å². The van der Waals surface area contributed by atoms with E-state index in [2.05, 4.69) is 15.4 Å². The lowest BCUT2D eigenvalue weighted by atomic mass is 10.1. The van der Waals surface area contributed by atoms with Gasteiger partial charge < -0.3 is 10.1 Å². The van der Waals surface area contributed by atoms with Crippen LogP contribution in [0, 0.1) is 0 Å². The first-order valence-electron chi connectivity index (χ1n) is 9.67. The highest BCUT2D eigenvalue weighted by Gasteiger charge is 2.31. The van der Waals surface area contributed by atoms with E-state index < -0.39 is 11.7 Å². The maximum atomic E-state index is 12.8. The Kier molecular flexibility index (Phi) is 6.74. The molecule has 0 aliphatic heterocycles. The Hall–Kier alpha value is -3.20. The zero-order chi connectivity index (χ0) is 22.6. The molecule has 1 aromatic carbocycles. The number of amides is 1. The van der Waals surface area contributed by atoms with Crippen molar-refractivity contribution in [3.05, 3.63) is 76.7 Å². The fourth-order valence-electron chi connectivity index (χ4n) is 3.15. The zero-order valence-electron chi connectivity index (χ0n) is 17.4. The van der Waals surface area contributed by atoms with Gasteiger partial charge in [0.15, 0.2) is 5.82 Å². The number of rotatable bonds is 7. The number of carbonyl (C=O) groups excluding carboxylic acids is 1. The van der Waals surface area contributed by atoms with Gasteiger partial charge in [-0.25, -0.2) is 9.67 Å². The molecule has 0 radical (unpaired) electrons. The number of methoxy groups -OCH3 is 1. The lowest BCUT2D eigenvalue weighted by Gasteiger charge is -2.13. The fraction of sp³-hybridized carbons (Fsp3) is 0.318. The number of nitrogens with zero attached hydrogens (tertiary/aromatic N) is 3. The molecule has 31 heavy (non-hydrogen) atoms. The third-order valence-electron chi connectivity index (χ3n) is 4.68. The van der Waals surface area contributed by atoms with Gasteiger partial charge in [0.25, 0.3) is 5.91 Å². The molecule has 3 rings (SSSR count). The molecule has 0 bridgehead atoms. The quantitative estimate of drug-likeness (QED) is 0.598. The predicted octanol–water partition coefficient (Wildman–Crippen LogP) is 4.49. The van der Waals surface area contributed by atoms with Crippen LogP contribution in [0.1, 0.15) is 52.5 Å². The maximum Gasteiger partial charge on any atom is 0.417 e. The lowest BCUT2D eigenvalue weighted by molar-refractivity contribution is -0.137. The molecule has 0 saturated heterocycles. The van der Waals surface area contributed by atoms with Crippen LogP contribution in [-0.4, -0.2) is 27.8 Å². The smallest absolute Gasteiger partial charge is 0.380 e. The number of carbonyl (C=O) groups is 1. The summed E-state index contributed by atoms with van der Waals surface area (Å²) in [6.45, 7) is 4.60. The first kappa shape index (κ1) is 22.5. The number of alkyl halides is 3. The first-order valence-corrected chi connectivity index (χ1v) is 9.67. The third kappa shape index (κ3) is 5.29. The molecule has 0 unspecified atom stereocenters. The van der Waals surface area contributed by atoms with Gasteiger partial charge in [-0.3, -0.25) is 4.79 Å². The van der Waals surface area contributed by atoms with Crippen LogP contribution in [0.2, 0.25) is 0 Å². The van der Waals surface area contributed by atoms with E-state index in [0.29, 0.717) is 24.4 Å².